The highest BCUT2D eigenvalue weighted by Crippen LogP contribution is 2.40. The van der Waals surface area contributed by atoms with E-state index in [2.05, 4.69) is 56.9 Å². The first kappa shape index (κ1) is 16.7. The summed E-state index contributed by atoms with van der Waals surface area (Å²) in [5.41, 5.74) is 4.47. The standard InChI is InChI=1S/C18H21N7S/c1-4-24-17(16(22-18(24)26)15-7-5-6-8-19-15)14-9-12(2)25(13(14)3)23-10-20-21-11-23/h5-11,16-17H,4H2,1-3H3,(H,22,26)/t16-,17-/m0/s1. The molecule has 0 saturated carbocycles. The van der Waals surface area contributed by atoms with Gasteiger partial charge in [0.1, 0.15) is 12.7 Å². The number of nitrogens with zero attached hydrogens (tertiary/aromatic N) is 6. The van der Waals surface area contributed by atoms with Crippen LogP contribution in [-0.4, -0.2) is 41.1 Å². The summed E-state index contributed by atoms with van der Waals surface area (Å²) < 4.78 is 4.00. The Morgan fingerprint density at radius 1 is 1.19 bits per heavy atom. The molecule has 3 aromatic heterocycles. The van der Waals surface area contributed by atoms with Crippen molar-refractivity contribution in [2.75, 3.05) is 6.54 Å². The van der Waals surface area contributed by atoms with Crippen molar-refractivity contribution in [3.8, 4) is 0 Å². The molecule has 1 saturated heterocycles. The molecule has 0 radical (unpaired) electrons. The molecule has 0 spiro atoms. The molecule has 3 aromatic rings. The molecule has 4 rings (SSSR count). The highest BCUT2D eigenvalue weighted by molar-refractivity contribution is 7.80. The summed E-state index contributed by atoms with van der Waals surface area (Å²) in [6, 6.07) is 8.30. The van der Waals surface area contributed by atoms with Gasteiger partial charge >= 0.3 is 0 Å². The Kier molecular flexibility index (Phi) is 4.20. The van der Waals surface area contributed by atoms with Gasteiger partial charge in [-0.2, -0.15) is 0 Å². The van der Waals surface area contributed by atoms with Crippen LogP contribution in [0.15, 0.2) is 43.1 Å². The Morgan fingerprint density at radius 3 is 2.62 bits per heavy atom. The van der Waals surface area contributed by atoms with Crippen LogP contribution in [0.25, 0.3) is 0 Å². The fraction of sp³-hybridized carbons (Fsp3) is 0.333. The average molecular weight is 367 g/mol. The molecular weight excluding hydrogens is 346 g/mol. The van der Waals surface area contributed by atoms with Gasteiger partial charge in [-0.1, -0.05) is 6.07 Å². The highest BCUT2D eigenvalue weighted by atomic mass is 32.1. The van der Waals surface area contributed by atoms with E-state index in [1.165, 1.54) is 5.56 Å². The second kappa shape index (κ2) is 6.53. The van der Waals surface area contributed by atoms with Gasteiger partial charge in [-0.15, -0.1) is 10.2 Å². The molecule has 2 atom stereocenters. The molecule has 1 N–H and O–H groups in total. The van der Waals surface area contributed by atoms with Gasteiger partial charge in [-0.25, -0.2) is 4.68 Å². The number of thiocarbonyl (C=S) groups is 1. The molecule has 1 aliphatic rings. The van der Waals surface area contributed by atoms with Crippen molar-refractivity contribution in [1.29, 1.82) is 0 Å². The van der Waals surface area contributed by atoms with E-state index in [1.54, 1.807) is 12.7 Å². The Bertz CT molecular complexity index is 917. The van der Waals surface area contributed by atoms with E-state index in [-0.39, 0.29) is 12.1 Å². The molecule has 7 nitrogen and oxygen atoms in total. The van der Waals surface area contributed by atoms with Crippen molar-refractivity contribution in [2.24, 2.45) is 0 Å². The number of hydrogen-bond acceptors (Lipinski definition) is 4. The lowest BCUT2D eigenvalue weighted by atomic mass is 9.97. The third-order valence-electron chi connectivity index (χ3n) is 4.93. The first-order valence-corrected chi connectivity index (χ1v) is 9.04. The summed E-state index contributed by atoms with van der Waals surface area (Å²) in [5.74, 6) is 0. The van der Waals surface area contributed by atoms with E-state index >= 15 is 0 Å². The summed E-state index contributed by atoms with van der Waals surface area (Å²) in [6.07, 6.45) is 5.23. The molecule has 8 heteroatoms. The lowest BCUT2D eigenvalue weighted by Gasteiger charge is -2.27. The lowest BCUT2D eigenvalue weighted by molar-refractivity contribution is 0.329. The predicted molar refractivity (Wildman–Crippen MR) is 103 cm³/mol. The third-order valence-corrected chi connectivity index (χ3v) is 5.28. The Labute approximate surface area is 157 Å². The summed E-state index contributed by atoms with van der Waals surface area (Å²) >= 11 is 5.61. The monoisotopic (exact) mass is 367 g/mol. The van der Waals surface area contributed by atoms with Crippen LogP contribution in [0, 0.1) is 13.8 Å². The molecule has 0 unspecified atom stereocenters. The molecule has 134 valence electrons. The zero-order valence-corrected chi connectivity index (χ0v) is 15.8. The van der Waals surface area contributed by atoms with Gasteiger partial charge in [0.2, 0.25) is 0 Å². The minimum Gasteiger partial charge on any atom is -0.352 e. The molecule has 1 fully saturated rings. The van der Waals surface area contributed by atoms with Crippen LogP contribution in [0.1, 0.15) is 41.7 Å². The van der Waals surface area contributed by atoms with Crippen LogP contribution in [-0.2, 0) is 0 Å². The normalized spacial score (nSPS) is 19.8. The third kappa shape index (κ3) is 2.57. The topological polar surface area (TPSA) is 63.8 Å². The summed E-state index contributed by atoms with van der Waals surface area (Å²) in [7, 11) is 0. The first-order chi connectivity index (χ1) is 12.6. The first-order valence-electron chi connectivity index (χ1n) is 8.64. The van der Waals surface area contributed by atoms with E-state index in [9.17, 15) is 0 Å². The SMILES string of the molecule is CCN1C(=S)N[C@@H](c2ccccn2)[C@@H]1c1cc(C)n(-n2cnnc2)c1C. The van der Waals surface area contributed by atoms with Crippen LogP contribution in [0.4, 0.5) is 0 Å². The molecule has 26 heavy (non-hydrogen) atoms. The van der Waals surface area contributed by atoms with Crippen molar-refractivity contribution in [3.63, 3.8) is 0 Å². The predicted octanol–water partition coefficient (Wildman–Crippen LogP) is 2.40. The van der Waals surface area contributed by atoms with Crippen molar-refractivity contribution >= 4 is 17.3 Å². The molecule has 4 heterocycles. The maximum absolute atomic E-state index is 5.61. The minimum atomic E-state index is 0.0125. The summed E-state index contributed by atoms with van der Waals surface area (Å²) in [4.78, 5) is 6.80. The van der Waals surface area contributed by atoms with Gasteiger partial charge in [-0.05, 0) is 51.2 Å². The molecule has 1 aliphatic heterocycles. The minimum absolute atomic E-state index is 0.0125. The van der Waals surface area contributed by atoms with Crippen LogP contribution in [0.2, 0.25) is 0 Å². The van der Waals surface area contributed by atoms with E-state index < -0.39 is 0 Å². The average Bonchev–Trinajstić information content (AvgIpc) is 3.34. The second-order valence-corrected chi connectivity index (χ2v) is 6.78. The number of hydrogen-bond donors (Lipinski definition) is 1. The molecular formula is C18H21N7S. The lowest BCUT2D eigenvalue weighted by Crippen LogP contribution is -2.29. The second-order valence-electron chi connectivity index (χ2n) is 6.39. The number of rotatable bonds is 4. The Balaban J connectivity index is 1.83. The number of nitrogens with one attached hydrogen (secondary N) is 1. The van der Waals surface area contributed by atoms with Gasteiger partial charge in [0, 0.05) is 29.7 Å². The largest absolute Gasteiger partial charge is 0.352 e. The zero-order chi connectivity index (χ0) is 18.3. The van der Waals surface area contributed by atoms with Crippen LogP contribution >= 0.6 is 12.2 Å². The van der Waals surface area contributed by atoms with Crippen LogP contribution < -0.4 is 5.32 Å². The van der Waals surface area contributed by atoms with Crippen LogP contribution in [0.5, 0.6) is 0 Å². The number of likely N-dealkylation sites (N-methyl/N-ethyl adjacent to an activating group) is 1. The van der Waals surface area contributed by atoms with Crippen molar-refractivity contribution in [1.82, 2.24) is 34.8 Å². The maximum Gasteiger partial charge on any atom is 0.170 e. The maximum atomic E-state index is 5.61. The zero-order valence-electron chi connectivity index (χ0n) is 15.0. The van der Waals surface area contributed by atoms with Gasteiger partial charge in [-0.3, -0.25) is 9.66 Å². The Morgan fingerprint density at radius 2 is 1.96 bits per heavy atom. The summed E-state index contributed by atoms with van der Waals surface area (Å²) in [6.45, 7) is 7.16. The number of aromatic nitrogens is 5. The molecule has 0 aliphatic carbocycles. The number of aryl methyl sites for hydroxylation is 1. The fourth-order valence-corrected chi connectivity index (χ4v) is 4.18. The van der Waals surface area contributed by atoms with Gasteiger partial charge in [0.25, 0.3) is 0 Å². The summed E-state index contributed by atoms with van der Waals surface area (Å²) in [5, 5.41) is 12.1. The fourth-order valence-electron chi connectivity index (χ4n) is 3.82. The van der Waals surface area contributed by atoms with E-state index in [1.807, 2.05) is 29.1 Å². The quantitative estimate of drug-likeness (QED) is 0.715. The number of pyridine rings is 1. The van der Waals surface area contributed by atoms with Crippen molar-refractivity contribution in [3.05, 3.63) is 65.8 Å². The van der Waals surface area contributed by atoms with E-state index in [0.29, 0.717) is 0 Å². The van der Waals surface area contributed by atoms with E-state index in [4.69, 9.17) is 12.2 Å². The van der Waals surface area contributed by atoms with Crippen molar-refractivity contribution < 1.29 is 0 Å². The molecule has 0 amide bonds. The molecule has 0 bridgehead atoms. The molecule has 0 aromatic carbocycles. The van der Waals surface area contributed by atoms with Crippen LogP contribution in [0.3, 0.4) is 0 Å². The van der Waals surface area contributed by atoms with Crippen molar-refractivity contribution in [2.45, 2.75) is 32.9 Å². The smallest absolute Gasteiger partial charge is 0.170 e. The van der Waals surface area contributed by atoms with Gasteiger partial charge in [0.05, 0.1) is 17.8 Å². The van der Waals surface area contributed by atoms with Gasteiger partial charge in [0.15, 0.2) is 5.11 Å². The Hall–Kier alpha value is -2.74. The van der Waals surface area contributed by atoms with Gasteiger partial charge < -0.3 is 10.2 Å². The van der Waals surface area contributed by atoms with E-state index in [0.717, 1.165) is 28.7 Å². The highest BCUT2D eigenvalue weighted by Gasteiger charge is 2.40.